The summed E-state index contributed by atoms with van der Waals surface area (Å²) in [5, 5.41) is 39.3. The zero-order chi connectivity index (χ0) is 64.6. The van der Waals surface area contributed by atoms with Gasteiger partial charge in [-0.15, -0.1) is 0 Å². The largest absolute Gasteiger partial charge is 0.490 e. The van der Waals surface area contributed by atoms with Gasteiger partial charge in [0.05, 0.1) is 12.6 Å². The van der Waals surface area contributed by atoms with Gasteiger partial charge in [0.2, 0.25) is 53.2 Å². The number of para-hydroxylation sites is 2. The summed E-state index contributed by atoms with van der Waals surface area (Å²) in [6, 6.07) is 24.1. The Bertz CT molecular complexity index is 3400. The highest BCUT2D eigenvalue weighted by atomic mass is 19.4. The van der Waals surface area contributed by atoms with Gasteiger partial charge in [-0.05, 0) is 80.0 Å². The van der Waals surface area contributed by atoms with Crippen LogP contribution in [0.15, 0.2) is 122 Å². The Kier molecular flexibility index (Phi) is 25.8. The van der Waals surface area contributed by atoms with Gasteiger partial charge in [0, 0.05) is 85.8 Å². The number of aromatic amines is 2. The summed E-state index contributed by atoms with van der Waals surface area (Å²) < 4.78 is 31.7. The number of aliphatic hydroxyl groups excluding tert-OH is 1. The quantitative estimate of drug-likeness (QED) is 0.0655. The van der Waals surface area contributed by atoms with Gasteiger partial charge in [0.25, 0.3) is 0 Å². The molecule has 3 heterocycles. The van der Waals surface area contributed by atoms with Crippen molar-refractivity contribution in [2.75, 3.05) is 26.2 Å². The molecule has 0 saturated carbocycles. The molecule has 89 heavy (non-hydrogen) atoms. The predicted molar refractivity (Wildman–Crippen MR) is 321 cm³/mol. The fourth-order valence-corrected chi connectivity index (χ4v) is 10.0. The second kappa shape index (κ2) is 33.5. The van der Waals surface area contributed by atoms with Crippen molar-refractivity contribution in [2.45, 2.75) is 126 Å². The lowest BCUT2D eigenvalue weighted by atomic mass is 10.00. The minimum atomic E-state index is -5.08. The Morgan fingerprint density at radius 2 is 1.03 bits per heavy atom. The summed E-state index contributed by atoms with van der Waals surface area (Å²) in [4.78, 5) is 144. The fourth-order valence-electron chi connectivity index (χ4n) is 10.0. The second-order valence-corrected chi connectivity index (χ2v) is 21.5. The summed E-state index contributed by atoms with van der Waals surface area (Å²) in [6.45, 7) is 0.898. The number of nitrogens with zero attached hydrogens (tertiary/aromatic N) is 1. The van der Waals surface area contributed by atoms with Crippen LogP contribution in [-0.2, 0) is 73.6 Å². The summed E-state index contributed by atoms with van der Waals surface area (Å²) in [6.07, 6.45) is -2.62. The lowest BCUT2D eigenvalue weighted by Gasteiger charge is -2.30. The number of rotatable bonds is 15. The average molecular weight is 1240 g/mol. The molecule has 7 rings (SSSR count). The van der Waals surface area contributed by atoms with Gasteiger partial charge >= 0.3 is 12.1 Å². The summed E-state index contributed by atoms with van der Waals surface area (Å²) in [5.74, 6) is -9.38. The van der Waals surface area contributed by atoms with Gasteiger partial charge in [-0.1, -0.05) is 97.1 Å². The number of amides is 9. The molecule has 1 saturated heterocycles. The molecule has 0 aliphatic carbocycles. The molecule has 2 aromatic heterocycles. The predicted octanol–water partition coefficient (Wildman–Crippen LogP) is 1.98. The van der Waals surface area contributed by atoms with E-state index in [0.29, 0.717) is 35.1 Å². The first-order chi connectivity index (χ1) is 42.5. The van der Waals surface area contributed by atoms with E-state index in [4.69, 9.17) is 21.4 Å². The molecule has 1 aliphatic rings. The third kappa shape index (κ3) is 21.3. The van der Waals surface area contributed by atoms with E-state index in [-0.39, 0.29) is 77.4 Å². The van der Waals surface area contributed by atoms with Crippen LogP contribution in [0.3, 0.4) is 0 Å². The molecule has 4 aromatic carbocycles. The van der Waals surface area contributed by atoms with Crippen molar-refractivity contribution in [1.82, 2.24) is 52.1 Å². The van der Waals surface area contributed by atoms with Crippen molar-refractivity contribution < 1.29 is 71.3 Å². The van der Waals surface area contributed by atoms with Crippen molar-refractivity contribution in [2.24, 2.45) is 11.5 Å². The monoisotopic (exact) mass is 1240 g/mol. The van der Waals surface area contributed by atoms with Crippen LogP contribution in [-0.4, -0.2) is 159 Å². The van der Waals surface area contributed by atoms with E-state index in [1.54, 1.807) is 67.0 Å². The molecule has 1 unspecified atom stereocenters. The Morgan fingerprint density at radius 1 is 0.584 bits per heavy atom. The highest BCUT2D eigenvalue weighted by Gasteiger charge is 2.39. The Morgan fingerprint density at radius 3 is 1.53 bits per heavy atom. The maximum absolute atomic E-state index is 15.1. The molecule has 9 amide bonds. The Balaban J connectivity index is 0.00000170. The molecule has 1 fully saturated rings. The lowest BCUT2D eigenvalue weighted by molar-refractivity contribution is -0.192. The number of hydrogen-bond acceptors (Lipinski definition) is 12. The van der Waals surface area contributed by atoms with E-state index in [2.05, 4.69) is 47.2 Å². The number of H-pyrrole nitrogens is 2. The van der Waals surface area contributed by atoms with Gasteiger partial charge in [-0.2, -0.15) is 13.2 Å². The van der Waals surface area contributed by atoms with E-state index < -0.39 is 114 Å². The normalized spacial score (nSPS) is 20.6. The molecule has 27 heteroatoms. The molecular formula is C62H75F3N12O12. The van der Waals surface area contributed by atoms with Crippen LogP contribution < -0.4 is 48.7 Å². The number of nitrogens with two attached hydrogens (primary N) is 2. The maximum Gasteiger partial charge on any atom is 0.490 e. The minimum absolute atomic E-state index is 0.000336. The van der Waals surface area contributed by atoms with Gasteiger partial charge < -0.3 is 73.8 Å². The molecule has 6 aromatic rings. The minimum Gasteiger partial charge on any atom is -0.475 e. The van der Waals surface area contributed by atoms with E-state index in [0.717, 1.165) is 26.7 Å². The number of carboxylic acid groups (broad SMARTS) is 1. The van der Waals surface area contributed by atoms with Crippen molar-refractivity contribution in [3.8, 4) is 0 Å². The summed E-state index contributed by atoms with van der Waals surface area (Å²) in [5.41, 5.74) is 15.6. The number of aliphatic hydroxyl groups is 1. The summed E-state index contributed by atoms with van der Waals surface area (Å²) in [7, 11) is 0. The number of alkyl halides is 3. The van der Waals surface area contributed by atoms with Crippen LogP contribution in [0.25, 0.3) is 21.8 Å². The molecule has 24 nitrogen and oxygen atoms in total. The van der Waals surface area contributed by atoms with E-state index >= 15 is 9.59 Å². The molecular weight excluding hydrogens is 1160 g/mol. The number of benzene rings is 4. The van der Waals surface area contributed by atoms with Gasteiger partial charge in [-0.3, -0.25) is 43.2 Å². The highest BCUT2D eigenvalue weighted by Crippen LogP contribution is 2.22. The summed E-state index contributed by atoms with van der Waals surface area (Å²) >= 11 is 0. The first-order valence-corrected chi connectivity index (χ1v) is 29.0. The van der Waals surface area contributed by atoms with Gasteiger partial charge in [-0.25, -0.2) is 4.79 Å². The van der Waals surface area contributed by atoms with Gasteiger partial charge in [0.15, 0.2) is 0 Å². The van der Waals surface area contributed by atoms with Crippen LogP contribution in [0.2, 0.25) is 0 Å². The van der Waals surface area contributed by atoms with Crippen LogP contribution in [0.4, 0.5) is 13.2 Å². The third-order valence-corrected chi connectivity index (χ3v) is 14.6. The third-order valence-electron chi connectivity index (χ3n) is 14.6. The first kappa shape index (κ1) is 68.5. The molecule has 15 N–H and O–H groups in total. The number of aromatic nitrogens is 2. The van der Waals surface area contributed by atoms with Crippen molar-refractivity contribution in [3.05, 3.63) is 144 Å². The molecule has 0 bridgehead atoms. The second-order valence-electron chi connectivity index (χ2n) is 21.5. The first-order valence-electron chi connectivity index (χ1n) is 29.0. The molecule has 476 valence electrons. The highest BCUT2D eigenvalue weighted by molar-refractivity contribution is 5.99. The van der Waals surface area contributed by atoms with Gasteiger partial charge in [0.1, 0.15) is 36.3 Å². The van der Waals surface area contributed by atoms with Crippen molar-refractivity contribution >= 4 is 80.9 Å². The fraction of sp³-hybridized carbons (Fsp3) is 0.387. The van der Waals surface area contributed by atoms with Crippen LogP contribution >= 0.6 is 0 Å². The molecule has 0 radical (unpaired) electrons. The maximum atomic E-state index is 15.1. The number of carboxylic acids is 1. The van der Waals surface area contributed by atoms with Crippen LogP contribution in [0.5, 0.6) is 0 Å². The van der Waals surface area contributed by atoms with Crippen LogP contribution in [0.1, 0.15) is 74.1 Å². The SMILES string of the molecule is C[C@@H](O)C1NC(=O)[C@H](CCCCN)NC(=O)[C@@H](Cc2c[nH]c3ccccc23)NC(=O)[C@H](Cc2c[nH]c3ccccc23)NC(=O)[C@H](Cc2ccccc2)NC(=O)CCCNC(=O)CCCN(CC(N)=O)C(=O)[C@H](Cc2ccccc2)NC1=O.O=C(O)C(F)(F)F. The number of aliphatic carboxylic acids is 1. The number of nitrogens with one attached hydrogen (secondary N) is 9. The number of carbonyl (C=O) groups is 10. The number of fused-ring (bicyclic) bond motifs is 2. The molecule has 1 aliphatic heterocycles. The number of halogens is 3. The lowest BCUT2D eigenvalue weighted by Crippen LogP contribution is -2.62. The molecule has 0 spiro atoms. The number of primary amides is 1. The number of hydrogen-bond donors (Lipinski definition) is 13. The smallest absolute Gasteiger partial charge is 0.475 e. The zero-order valence-electron chi connectivity index (χ0n) is 48.9. The van der Waals surface area contributed by atoms with Crippen LogP contribution in [0, 0.1) is 0 Å². The van der Waals surface area contributed by atoms with E-state index in [1.165, 1.54) is 6.92 Å². The number of unbranched alkanes of at least 4 members (excludes halogenated alkanes) is 1. The molecule has 7 atom stereocenters. The van der Waals surface area contributed by atoms with Crippen molar-refractivity contribution in [1.29, 1.82) is 0 Å². The van der Waals surface area contributed by atoms with Crippen molar-refractivity contribution in [3.63, 3.8) is 0 Å². The Labute approximate surface area is 510 Å². The average Bonchev–Trinajstić information content (AvgIpc) is 4.28. The van der Waals surface area contributed by atoms with E-state index in [1.807, 2.05) is 54.6 Å². The number of carbonyl (C=O) groups excluding carboxylic acids is 9. The standard InChI is InChI=1S/C60H74N12O10.C2HF3O2/c1-37(73)54-59(81)70-50(31-39-18-6-3-7-19-39)60(82)72(36-51(62)74)29-15-26-52(75)63-28-14-25-53(76)66-47(30-38-16-4-2-5-17-38)56(78)68-49(33-41-35-65-45-23-11-9-21-43(41)45)58(80)69-48(32-40-34-64-44-22-10-8-20-42(40)44)57(79)67-46(55(77)71-54)24-12-13-27-61;3-2(4,5)1(6)7/h2-11,16-23,34-35,37,46-50,54,64-65,73H,12-15,24-33,36,61H2,1H3,(H2,62,74)(H,63,75)(H,66,76)(H,67,79)(H,68,78)(H,69,80)(H,70,81)(H,71,77);(H,6,7)/t37-,46+,47+,48-,49+,50+,54?;/m1./s1. The topological polar surface area (TPSA) is 382 Å². The van der Waals surface area contributed by atoms with E-state index in [9.17, 15) is 51.8 Å². The Hall–Kier alpha value is -9.63. The zero-order valence-corrected chi connectivity index (χ0v) is 48.9.